The highest BCUT2D eigenvalue weighted by molar-refractivity contribution is 5.83. The summed E-state index contributed by atoms with van der Waals surface area (Å²) in [7, 11) is 0. The van der Waals surface area contributed by atoms with Crippen LogP contribution in [-0.2, 0) is 14.9 Å². The number of carbonyl (C=O) groups excluding carboxylic acids is 1. The lowest BCUT2D eigenvalue weighted by Crippen LogP contribution is -2.55. The standard InChI is InChI=1S/C21H32N2O2/c1-3-25-20(24)21(19-10-6-4-7-11-19)12-16-23(17-13-21)18(2)22-14-8-5-9-15-22/h4,6-7,10-11,18H,3,5,8-9,12-17H2,1-2H3. The Balaban J connectivity index is 1.72. The normalized spacial score (nSPS) is 23.1. The first kappa shape index (κ1) is 18.4. The van der Waals surface area contributed by atoms with Crippen LogP contribution in [0.5, 0.6) is 0 Å². The van der Waals surface area contributed by atoms with E-state index in [0.29, 0.717) is 12.8 Å². The summed E-state index contributed by atoms with van der Waals surface area (Å²) >= 11 is 0. The number of hydrogen-bond donors (Lipinski definition) is 0. The molecule has 0 saturated carbocycles. The van der Waals surface area contributed by atoms with Crippen molar-refractivity contribution in [2.45, 2.75) is 57.5 Å². The van der Waals surface area contributed by atoms with Crippen molar-refractivity contribution >= 4 is 5.97 Å². The fourth-order valence-electron chi connectivity index (χ4n) is 4.44. The summed E-state index contributed by atoms with van der Waals surface area (Å²) in [6.07, 6.45) is 6.14. The quantitative estimate of drug-likeness (QED) is 0.766. The van der Waals surface area contributed by atoms with Crippen LogP contribution in [0.25, 0.3) is 0 Å². The Bertz CT molecular complexity index is 546. The number of piperidine rings is 2. The fraction of sp³-hybridized carbons (Fsp3) is 0.667. The van der Waals surface area contributed by atoms with Gasteiger partial charge in [-0.15, -0.1) is 0 Å². The molecule has 4 nitrogen and oxygen atoms in total. The molecule has 1 atom stereocenters. The number of rotatable bonds is 5. The lowest BCUT2D eigenvalue weighted by molar-refractivity contribution is -0.153. The number of carbonyl (C=O) groups is 1. The monoisotopic (exact) mass is 344 g/mol. The van der Waals surface area contributed by atoms with Crippen molar-refractivity contribution in [3.63, 3.8) is 0 Å². The maximum Gasteiger partial charge on any atom is 0.316 e. The molecule has 25 heavy (non-hydrogen) atoms. The molecule has 138 valence electrons. The topological polar surface area (TPSA) is 32.8 Å². The summed E-state index contributed by atoms with van der Waals surface area (Å²) < 4.78 is 5.48. The molecule has 0 radical (unpaired) electrons. The van der Waals surface area contributed by atoms with Crippen molar-refractivity contribution in [2.24, 2.45) is 0 Å². The highest BCUT2D eigenvalue weighted by Crippen LogP contribution is 2.37. The second-order valence-electron chi connectivity index (χ2n) is 7.43. The molecule has 2 saturated heterocycles. The minimum Gasteiger partial charge on any atom is -0.465 e. The largest absolute Gasteiger partial charge is 0.465 e. The van der Waals surface area contributed by atoms with Gasteiger partial charge in [-0.2, -0.15) is 0 Å². The van der Waals surface area contributed by atoms with Crippen LogP contribution >= 0.6 is 0 Å². The van der Waals surface area contributed by atoms with Gasteiger partial charge >= 0.3 is 5.97 Å². The zero-order chi connectivity index (χ0) is 17.7. The maximum atomic E-state index is 12.8. The summed E-state index contributed by atoms with van der Waals surface area (Å²) in [5.74, 6) is -0.0496. The molecule has 2 fully saturated rings. The van der Waals surface area contributed by atoms with E-state index in [4.69, 9.17) is 4.74 Å². The van der Waals surface area contributed by atoms with Crippen LogP contribution in [-0.4, -0.2) is 54.7 Å². The predicted octanol–water partition coefficient (Wildman–Crippen LogP) is 3.42. The van der Waals surface area contributed by atoms with Gasteiger partial charge in [0.05, 0.1) is 18.2 Å². The van der Waals surface area contributed by atoms with Gasteiger partial charge in [0.1, 0.15) is 0 Å². The van der Waals surface area contributed by atoms with Crippen LogP contribution in [0.2, 0.25) is 0 Å². The van der Waals surface area contributed by atoms with Crippen LogP contribution in [0.4, 0.5) is 0 Å². The molecule has 0 aromatic heterocycles. The van der Waals surface area contributed by atoms with Crippen molar-refractivity contribution in [3.05, 3.63) is 35.9 Å². The fourth-order valence-corrected chi connectivity index (χ4v) is 4.44. The van der Waals surface area contributed by atoms with E-state index in [1.54, 1.807) is 0 Å². The summed E-state index contributed by atoms with van der Waals surface area (Å²) in [5.41, 5.74) is 0.633. The Morgan fingerprint density at radius 1 is 1.04 bits per heavy atom. The SMILES string of the molecule is CCOC(=O)C1(c2ccccc2)CCN(C(C)N2CCCCC2)CC1. The zero-order valence-corrected chi connectivity index (χ0v) is 15.7. The molecule has 1 unspecified atom stereocenters. The summed E-state index contributed by atoms with van der Waals surface area (Å²) in [6, 6.07) is 10.2. The van der Waals surface area contributed by atoms with E-state index in [1.165, 1.54) is 32.4 Å². The minimum atomic E-state index is -0.477. The first-order valence-corrected chi connectivity index (χ1v) is 9.88. The van der Waals surface area contributed by atoms with Gasteiger partial charge in [0.25, 0.3) is 0 Å². The van der Waals surface area contributed by atoms with Gasteiger partial charge < -0.3 is 4.74 Å². The lowest BCUT2D eigenvalue weighted by atomic mass is 9.72. The Hall–Kier alpha value is -1.39. The molecule has 1 aromatic carbocycles. The van der Waals surface area contributed by atoms with Gasteiger partial charge in [0.15, 0.2) is 0 Å². The van der Waals surface area contributed by atoms with Gasteiger partial charge in [0, 0.05) is 13.1 Å². The van der Waals surface area contributed by atoms with E-state index in [0.717, 1.165) is 31.5 Å². The molecule has 0 bridgehead atoms. The average Bonchev–Trinajstić information content (AvgIpc) is 2.69. The second-order valence-corrected chi connectivity index (χ2v) is 7.43. The van der Waals surface area contributed by atoms with Crippen molar-refractivity contribution in [2.75, 3.05) is 32.8 Å². The highest BCUT2D eigenvalue weighted by atomic mass is 16.5. The molecule has 0 amide bonds. The molecule has 2 heterocycles. The van der Waals surface area contributed by atoms with Gasteiger partial charge in [-0.25, -0.2) is 0 Å². The van der Waals surface area contributed by atoms with Crippen LogP contribution in [0, 0.1) is 0 Å². The molecule has 3 rings (SSSR count). The van der Waals surface area contributed by atoms with Gasteiger partial charge in [0.2, 0.25) is 0 Å². The van der Waals surface area contributed by atoms with E-state index in [9.17, 15) is 4.79 Å². The molecule has 1 aromatic rings. The highest BCUT2D eigenvalue weighted by Gasteiger charge is 2.45. The lowest BCUT2D eigenvalue weighted by Gasteiger charge is -2.46. The van der Waals surface area contributed by atoms with Crippen LogP contribution in [0.3, 0.4) is 0 Å². The Morgan fingerprint density at radius 3 is 2.24 bits per heavy atom. The van der Waals surface area contributed by atoms with E-state index in [-0.39, 0.29) is 5.97 Å². The molecule has 2 aliphatic heterocycles. The number of nitrogens with zero attached hydrogens (tertiary/aromatic N) is 2. The van der Waals surface area contributed by atoms with Gasteiger partial charge in [-0.3, -0.25) is 14.6 Å². The average molecular weight is 344 g/mol. The number of likely N-dealkylation sites (tertiary alicyclic amines) is 2. The molecular formula is C21H32N2O2. The maximum absolute atomic E-state index is 12.8. The first-order chi connectivity index (χ1) is 12.2. The third-order valence-corrected chi connectivity index (χ3v) is 6.09. The van der Waals surface area contributed by atoms with E-state index < -0.39 is 5.41 Å². The smallest absolute Gasteiger partial charge is 0.316 e. The zero-order valence-electron chi connectivity index (χ0n) is 15.7. The van der Waals surface area contributed by atoms with Crippen molar-refractivity contribution in [1.82, 2.24) is 9.80 Å². The first-order valence-electron chi connectivity index (χ1n) is 9.88. The number of hydrogen-bond acceptors (Lipinski definition) is 4. The summed E-state index contributed by atoms with van der Waals surface area (Å²) in [6.45, 7) is 8.98. The Labute approximate surface area is 152 Å². The van der Waals surface area contributed by atoms with Gasteiger partial charge in [-0.05, 0) is 58.2 Å². The Morgan fingerprint density at radius 2 is 1.64 bits per heavy atom. The minimum absolute atomic E-state index is 0.0496. The van der Waals surface area contributed by atoms with Gasteiger partial charge in [-0.1, -0.05) is 36.8 Å². The third kappa shape index (κ3) is 3.90. The molecule has 0 N–H and O–H groups in total. The Kier molecular flexibility index (Phi) is 6.13. The van der Waals surface area contributed by atoms with Crippen LogP contribution in [0.1, 0.15) is 51.5 Å². The molecule has 2 aliphatic rings. The summed E-state index contributed by atoms with van der Waals surface area (Å²) in [5, 5.41) is 0. The predicted molar refractivity (Wildman–Crippen MR) is 100 cm³/mol. The van der Waals surface area contributed by atoms with Crippen molar-refractivity contribution in [3.8, 4) is 0 Å². The third-order valence-electron chi connectivity index (χ3n) is 6.09. The van der Waals surface area contributed by atoms with E-state index in [2.05, 4.69) is 28.9 Å². The number of ether oxygens (including phenoxy) is 1. The second kappa shape index (κ2) is 8.33. The molecule has 4 heteroatoms. The van der Waals surface area contributed by atoms with Crippen LogP contribution in [0.15, 0.2) is 30.3 Å². The number of benzene rings is 1. The van der Waals surface area contributed by atoms with E-state index >= 15 is 0 Å². The molecule has 0 spiro atoms. The van der Waals surface area contributed by atoms with Crippen molar-refractivity contribution in [1.29, 1.82) is 0 Å². The molecular weight excluding hydrogens is 312 g/mol. The molecule has 0 aliphatic carbocycles. The van der Waals surface area contributed by atoms with Crippen molar-refractivity contribution < 1.29 is 9.53 Å². The van der Waals surface area contributed by atoms with Crippen LogP contribution < -0.4 is 0 Å². The summed E-state index contributed by atoms with van der Waals surface area (Å²) in [4.78, 5) is 18.0. The number of esters is 1. The van der Waals surface area contributed by atoms with E-state index in [1.807, 2.05) is 25.1 Å².